The van der Waals surface area contributed by atoms with Crippen LogP contribution in [-0.2, 0) is 0 Å². The van der Waals surface area contributed by atoms with Crippen molar-refractivity contribution in [3.05, 3.63) is 11.9 Å². The second-order valence-corrected chi connectivity index (χ2v) is 4.96. The molecule has 0 atom stereocenters. The number of anilines is 2. The second-order valence-electron chi connectivity index (χ2n) is 4.96. The lowest BCUT2D eigenvalue weighted by atomic mass is 9.92. The molecule has 4 heteroatoms. The summed E-state index contributed by atoms with van der Waals surface area (Å²) in [6.45, 7) is 9.39. The van der Waals surface area contributed by atoms with Crippen LogP contribution in [0.2, 0.25) is 0 Å². The molecule has 0 spiro atoms. The summed E-state index contributed by atoms with van der Waals surface area (Å²) in [5.41, 5.74) is 5.96. The average molecular weight is 208 g/mol. The smallest absolute Gasteiger partial charge is 0.131 e. The van der Waals surface area contributed by atoms with E-state index >= 15 is 0 Å². The van der Waals surface area contributed by atoms with Gasteiger partial charge >= 0.3 is 0 Å². The third-order valence-electron chi connectivity index (χ3n) is 2.04. The molecule has 0 bridgehead atoms. The quantitative estimate of drug-likeness (QED) is 0.799. The van der Waals surface area contributed by atoms with E-state index in [0.717, 1.165) is 18.8 Å². The molecule has 1 aromatic heterocycles. The van der Waals surface area contributed by atoms with Crippen LogP contribution in [0.3, 0.4) is 0 Å². The Kier molecular flexibility index (Phi) is 3.50. The van der Waals surface area contributed by atoms with Gasteiger partial charge in [-0.1, -0.05) is 20.8 Å². The van der Waals surface area contributed by atoms with Crippen LogP contribution in [-0.4, -0.2) is 16.5 Å². The fourth-order valence-corrected chi connectivity index (χ4v) is 1.25. The SMILES string of the molecule is Cc1nc(N)cc(NCCC(C)(C)C)n1. The molecule has 84 valence electrons. The zero-order valence-electron chi connectivity index (χ0n) is 9.96. The Labute approximate surface area is 91.3 Å². The van der Waals surface area contributed by atoms with E-state index in [1.165, 1.54) is 0 Å². The Bertz CT molecular complexity index is 308. The van der Waals surface area contributed by atoms with Crippen molar-refractivity contribution in [2.75, 3.05) is 17.6 Å². The summed E-state index contributed by atoms with van der Waals surface area (Å²) >= 11 is 0. The topological polar surface area (TPSA) is 63.8 Å². The first-order valence-electron chi connectivity index (χ1n) is 5.22. The lowest BCUT2D eigenvalue weighted by Crippen LogP contribution is -2.14. The highest BCUT2D eigenvalue weighted by Gasteiger charge is 2.09. The van der Waals surface area contributed by atoms with E-state index in [0.29, 0.717) is 17.1 Å². The van der Waals surface area contributed by atoms with Gasteiger partial charge in [-0.25, -0.2) is 9.97 Å². The molecule has 1 heterocycles. The van der Waals surface area contributed by atoms with Crippen LogP contribution in [0.1, 0.15) is 33.0 Å². The minimum Gasteiger partial charge on any atom is -0.384 e. The molecule has 0 aliphatic rings. The zero-order valence-corrected chi connectivity index (χ0v) is 9.96. The summed E-state index contributed by atoms with van der Waals surface area (Å²) < 4.78 is 0. The van der Waals surface area contributed by atoms with Gasteiger partial charge in [-0.15, -0.1) is 0 Å². The molecule has 0 amide bonds. The Balaban J connectivity index is 2.51. The number of aromatic nitrogens is 2. The van der Waals surface area contributed by atoms with Crippen LogP contribution in [0.5, 0.6) is 0 Å². The monoisotopic (exact) mass is 208 g/mol. The van der Waals surface area contributed by atoms with Crippen molar-refractivity contribution in [1.29, 1.82) is 0 Å². The fourth-order valence-electron chi connectivity index (χ4n) is 1.25. The standard InChI is InChI=1S/C11H20N4/c1-8-14-9(12)7-10(15-8)13-6-5-11(2,3)4/h7H,5-6H2,1-4H3,(H3,12,13,14,15). The highest BCUT2D eigenvalue weighted by atomic mass is 15.0. The van der Waals surface area contributed by atoms with Crippen LogP contribution in [0, 0.1) is 12.3 Å². The van der Waals surface area contributed by atoms with E-state index in [2.05, 4.69) is 36.1 Å². The largest absolute Gasteiger partial charge is 0.384 e. The number of nitrogens with two attached hydrogens (primary N) is 1. The van der Waals surface area contributed by atoms with Gasteiger partial charge in [-0.05, 0) is 18.8 Å². The average Bonchev–Trinajstić information content (AvgIpc) is 1.99. The molecule has 0 aliphatic heterocycles. The number of hydrogen-bond donors (Lipinski definition) is 2. The first kappa shape index (κ1) is 11.8. The molecule has 4 nitrogen and oxygen atoms in total. The minimum absolute atomic E-state index is 0.334. The van der Waals surface area contributed by atoms with Crippen molar-refractivity contribution in [3.63, 3.8) is 0 Å². The molecule has 0 saturated carbocycles. The summed E-state index contributed by atoms with van der Waals surface area (Å²) in [4.78, 5) is 8.27. The summed E-state index contributed by atoms with van der Waals surface area (Å²) in [5, 5.41) is 3.25. The fraction of sp³-hybridized carbons (Fsp3) is 0.636. The van der Waals surface area contributed by atoms with Crippen LogP contribution < -0.4 is 11.1 Å². The Morgan fingerprint density at radius 1 is 1.33 bits per heavy atom. The number of nitrogens with one attached hydrogen (secondary N) is 1. The van der Waals surface area contributed by atoms with Gasteiger partial charge in [0.15, 0.2) is 0 Å². The van der Waals surface area contributed by atoms with Crippen molar-refractivity contribution in [1.82, 2.24) is 9.97 Å². The van der Waals surface area contributed by atoms with Crippen molar-refractivity contribution in [2.24, 2.45) is 5.41 Å². The lowest BCUT2D eigenvalue weighted by molar-refractivity contribution is 0.389. The van der Waals surface area contributed by atoms with E-state index in [-0.39, 0.29) is 0 Å². The number of aryl methyl sites for hydroxylation is 1. The third-order valence-corrected chi connectivity index (χ3v) is 2.04. The van der Waals surface area contributed by atoms with E-state index in [4.69, 9.17) is 5.73 Å². The van der Waals surface area contributed by atoms with Gasteiger partial charge in [-0.2, -0.15) is 0 Å². The Hall–Kier alpha value is -1.32. The first-order valence-corrected chi connectivity index (χ1v) is 5.22. The first-order chi connectivity index (χ1) is 6.87. The van der Waals surface area contributed by atoms with Gasteiger partial charge in [0.1, 0.15) is 17.5 Å². The number of nitrogens with zero attached hydrogens (tertiary/aromatic N) is 2. The molecule has 0 radical (unpaired) electrons. The van der Waals surface area contributed by atoms with Gasteiger partial charge in [0, 0.05) is 12.6 Å². The van der Waals surface area contributed by atoms with Gasteiger partial charge in [0.05, 0.1) is 0 Å². The van der Waals surface area contributed by atoms with E-state index in [1.54, 1.807) is 6.07 Å². The predicted octanol–water partition coefficient (Wildman–Crippen LogP) is 2.22. The van der Waals surface area contributed by atoms with Crippen LogP contribution in [0.4, 0.5) is 11.6 Å². The summed E-state index contributed by atoms with van der Waals surface area (Å²) in [6, 6.07) is 1.76. The van der Waals surface area contributed by atoms with Crippen LogP contribution >= 0.6 is 0 Å². The van der Waals surface area contributed by atoms with E-state index in [9.17, 15) is 0 Å². The summed E-state index contributed by atoms with van der Waals surface area (Å²) in [6.07, 6.45) is 1.09. The third kappa shape index (κ3) is 4.63. The van der Waals surface area contributed by atoms with Crippen molar-refractivity contribution >= 4 is 11.6 Å². The van der Waals surface area contributed by atoms with Crippen molar-refractivity contribution in [3.8, 4) is 0 Å². The summed E-state index contributed by atoms with van der Waals surface area (Å²) in [7, 11) is 0. The Morgan fingerprint density at radius 2 is 2.00 bits per heavy atom. The van der Waals surface area contributed by atoms with Crippen LogP contribution in [0.25, 0.3) is 0 Å². The maximum Gasteiger partial charge on any atom is 0.131 e. The van der Waals surface area contributed by atoms with Gasteiger partial charge in [-0.3, -0.25) is 0 Å². The predicted molar refractivity (Wildman–Crippen MR) is 63.7 cm³/mol. The molecule has 1 rings (SSSR count). The van der Waals surface area contributed by atoms with Gasteiger partial charge in [0.25, 0.3) is 0 Å². The number of rotatable bonds is 3. The lowest BCUT2D eigenvalue weighted by Gasteiger charge is -2.18. The van der Waals surface area contributed by atoms with E-state index in [1.807, 2.05) is 6.92 Å². The van der Waals surface area contributed by atoms with Gasteiger partial charge in [0.2, 0.25) is 0 Å². The molecular weight excluding hydrogens is 188 g/mol. The maximum absolute atomic E-state index is 5.63. The zero-order chi connectivity index (χ0) is 11.5. The summed E-state index contributed by atoms with van der Waals surface area (Å²) in [5.74, 6) is 2.03. The molecule has 0 aliphatic carbocycles. The minimum atomic E-state index is 0.334. The molecule has 0 saturated heterocycles. The number of nitrogen functional groups attached to an aromatic ring is 1. The maximum atomic E-state index is 5.63. The van der Waals surface area contributed by atoms with Gasteiger partial charge < -0.3 is 11.1 Å². The molecule has 15 heavy (non-hydrogen) atoms. The van der Waals surface area contributed by atoms with Crippen molar-refractivity contribution in [2.45, 2.75) is 34.1 Å². The Morgan fingerprint density at radius 3 is 2.53 bits per heavy atom. The highest BCUT2D eigenvalue weighted by Crippen LogP contribution is 2.18. The normalized spacial score (nSPS) is 11.5. The molecule has 0 unspecified atom stereocenters. The number of hydrogen-bond acceptors (Lipinski definition) is 4. The highest BCUT2D eigenvalue weighted by molar-refractivity contribution is 5.44. The van der Waals surface area contributed by atoms with Crippen LogP contribution in [0.15, 0.2) is 6.07 Å². The molecular formula is C11H20N4. The molecule has 3 N–H and O–H groups in total. The van der Waals surface area contributed by atoms with Crippen molar-refractivity contribution < 1.29 is 0 Å². The van der Waals surface area contributed by atoms with E-state index < -0.39 is 0 Å². The molecule has 0 fully saturated rings. The molecule has 1 aromatic rings. The molecule has 0 aromatic carbocycles. The second kappa shape index (κ2) is 4.47.